The highest BCUT2D eigenvalue weighted by Gasteiger charge is 2.18. The third-order valence-corrected chi connectivity index (χ3v) is 4.16. The molecule has 0 saturated heterocycles. The van der Waals surface area contributed by atoms with Crippen LogP contribution in [0.4, 0.5) is 5.69 Å². The van der Waals surface area contributed by atoms with Crippen LogP contribution < -0.4 is 16.4 Å². The Labute approximate surface area is 160 Å². The highest BCUT2D eigenvalue weighted by Crippen LogP contribution is 2.11. The molecule has 2 rings (SSSR count). The van der Waals surface area contributed by atoms with Gasteiger partial charge in [0.15, 0.2) is 0 Å². The van der Waals surface area contributed by atoms with E-state index >= 15 is 0 Å². The lowest BCUT2D eigenvalue weighted by atomic mass is 9.99. The van der Waals surface area contributed by atoms with Crippen LogP contribution >= 0.6 is 12.4 Å². The van der Waals surface area contributed by atoms with E-state index in [9.17, 15) is 9.59 Å². The predicted octanol–water partition coefficient (Wildman–Crippen LogP) is 2.75. The molecule has 26 heavy (non-hydrogen) atoms. The Morgan fingerprint density at radius 3 is 2.46 bits per heavy atom. The molecule has 4 N–H and O–H groups in total. The van der Waals surface area contributed by atoms with Crippen LogP contribution in [-0.4, -0.2) is 22.8 Å². The van der Waals surface area contributed by atoms with E-state index in [-0.39, 0.29) is 30.1 Å². The average molecular weight is 377 g/mol. The minimum absolute atomic E-state index is 0. The maximum absolute atomic E-state index is 12.1. The minimum Gasteiger partial charge on any atom is -0.351 e. The molecule has 2 aromatic rings. The number of hydrogen-bond donors (Lipinski definition) is 3. The molecule has 0 aliphatic carbocycles. The summed E-state index contributed by atoms with van der Waals surface area (Å²) in [5.41, 5.74) is 8.02. The second-order valence-corrected chi connectivity index (χ2v) is 6.02. The second kappa shape index (κ2) is 10.5. The highest BCUT2D eigenvalue weighted by molar-refractivity contribution is 6.04. The summed E-state index contributed by atoms with van der Waals surface area (Å²) < 4.78 is 0. The fourth-order valence-corrected chi connectivity index (χ4v) is 2.23. The number of anilines is 1. The van der Waals surface area contributed by atoms with Gasteiger partial charge in [-0.2, -0.15) is 0 Å². The van der Waals surface area contributed by atoms with Gasteiger partial charge >= 0.3 is 0 Å². The van der Waals surface area contributed by atoms with Crippen molar-refractivity contribution in [3.8, 4) is 0 Å². The van der Waals surface area contributed by atoms with Gasteiger partial charge < -0.3 is 16.4 Å². The van der Waals surface area contributed by atoms with E-state index in [1.54, 1.807) is 30.5 Å². The number of amides is 2. The minimum atomic E-state index is -0.497. The van der Waals surface area contributed by atoms with E-state index in [1.165, 1.54) is 6.20 Å². The Kier molecular flexibility index (Phi) is 8.75. The van der Waals surface area contributed by atoms with Crippen LogP contribution in [0.25, 0.3) is 0 Å². The van der Waals surface area contributed by atoms with Crippen molar-refractivity contribution < 1.29 is 9.59 Å². The van der Waals surface area contributed by atoms with Crippen molar-refractivity contribution >= 4 is 29.9 Å². The lowest BCUT2D eigenvalue weighted by Crippen LogP contribution is -2.44. The van der Waals surface area contributed by atoms with Crippen molar-refractivity contribution in [3.05, 3.63) is 59.9 Å². The molecule has 2 amide bonds. The number of carbonyl (C=O) groups is 2. The molecular weight excluding hydrogens is 352 g/mol. The zero-order chi connectivity index (χ0) is 18.2. The molecule has 1 aromatic heterocycles. The number of halogens is 1. The summed E-state index contributed by atoms with van der Waals surface area (Å²) in [6.45, 7) is 4.38. The van der Waals surface area contributed by atoms with E-state index in [2.05, 4.69) is 15.6 Å². The number of nitrogens with zero attached hydrogens (tertiary/aromatic N) is 1. The summed E-state index contributed by atoms with van der Waals surface area (Å²) >= 11 is 0. The van der Waals surface area contributed by atoms with E-state index in [4.69, 9.17) is 5.73 Å². The van der Waals surface area contributed by atoms with E-state index in [0.717, 1.165) is 12.0 Å². The van der Waals surface area contributed by atoms with Crippen molar-refractivity contribution in [1.29, 1.82) is 0 Å². The molecule has 2 atom stereocenters. The molecule has 0 bridgehead atoms. The largest absolute Gasteiger partial charge is 0.351 e. The number of nitrogens with two attached hydrogens (primary N) is 1. The summed E-state index contributed by atoms with van der Waals surface area (Å²) in [4.78, 5) is 28.0. The molecule has 0 radical (unpaired) electrons. The molecular formula is C19H25ClN4O2. The maximum Gasteiger partial charge on any atom is 0.257 e. The Hall–Kier alpha value is -2.44. The molecule has 7 heteroatoms. The van der Waals surface area contributed by atoms with E-state index < -0.39 is 6.04 Å². The van der Waals surface area contributed by atoms with Gasteiger partial charge in [-0.25, -0.2) is 0 Å². The van der Waals surface area contributed by atoms with Gasteiger partial charge in [0.1, 0.15) is 0 Å². The summed E-state index contributed by atoms with van der Waals surface area (Å²) in [6.07, 6.45) is 3.99. The number of hydrogen-bond acceptors (Lipinski definition) is 4. The number of nitrogens with one attached hydrogen (secondary N) is 2. The summed E-state index contributed by atoms with van der Waals surface area (Å²) in [5, 5.41) is 5.65. The van der Waals surface area contributed by atoms with Crippen LogP contribution in [0, 0.1) is 5.92 Å². The maximum atomic E-state index is 12.1. The lowest BCUT2D eigenvalue weighted by molar-refractivity contribution is -0.123. The number of benzene rings is 1. The van der Waals surface area contributed by atoms with Crippen molar-refractivity contribution in [1.82, 2.24) is 10.3 Å². The van der Waals surface area contributed by atoms with Crippen LogP contribution in [0.15, 0.2) is 48.8 Å². The van der Waals surface area contributed by atoms with Crippen LogP contribution in [-0.2, 0) is 11.3 Å². The van der Waals surface area contributed by atoms with Gasteiger partial charge in [-0.3, -0.25) is 14.6 Å². The van der Waals surface area contributed by atoms with Gasteiger partial charge in [0, 0.05) is 24.6 Å². The third kappa shape index (κ3) is 6.13. The van der Waals surface area contributed by atoms with Crippen molar-refractivity contribution in [3.63, 3.8) is 0 Å². The Morgan fingerprint density at radius 1 is 1.19 bits per heavy atom. The second-order valence-electron chi connectivity index (χ2n) is 6.02. The number of aromatic nitrogens is 1. The van der Waals surface area contributed by atoms with E-state index in [1.807, 2.05) is 26.0 Å². The lowest BCUT2D eigenvalue weighted by Gasteiger charge is -2.17. The molecule has 0 aliphatic rings. The third-order valence-electron chi connectivity index (χ3n) is 4.16. The molecule has 1 heterocycles. The first-order valence-electron chi connectivity index (χ1n) is 8.35. The van der Waals surface area contributed by atoms with E-state index in [0.29, 0.717) is 17.8 Å². The quantitative estimate of drug-likeness (QED) is 0.692. The Morgan fingerprint density at radius 2 is 1.88 bits per heavy atom. The normalized spacial score (nSPS) is 12.4. The monoisotopic (exact) mass is 376 g/mol. The fraction of sp³-hybridized carbons (Fsp3) is 0.316. The molecule has 140 valence electrons. The zero-order valence-corrected chi connectivity index (χ0v) is 15.8. The Bertz CT molecular complexity index is 707. The first-order valence-corrected chi connectivity index (χ1v) is 8.35. The number of rotatable bonds is 7. The van der Waals surface area contributed by atoms with Gasteiger partial charge in [-0.05, 0) is 35.7 Å². The smallest absolute Gasteiger partial charge is 0.257 e. The van der Waals surface area contributed by atoms with Gasteiger partial charge in [0.05, 0.1) is 11.6 Å². The molecule has 0 saturated carbocycles. The van der Waals surface area contributed by atoms with Crippen molar-refractivity contribution in [2.24, 2.45) is 11.7 Å². The predicted molar refractivity (Wildman–Crippen MR) is 105 cm³/mol. The SMILES string of the molecule is CCC(C)C(N)C(=O)NCc1ccc(NC(=O)c2cccnc2)cc1.Cl. The molecule has 0 aliphatic heterocycles. The standard InChI is InChI=1S/C19H24N4O2.ClH/c1-3-13(2)17(20)19(25)22-11-14-6-8-16(9-7-14)23-18(24)15-5-4-10-21-12-15;/h4-10,12-13,17H,3,11,20H2,1-2H3,(H,22,25)(H,23,24);1H. The molecule has 0 fully saturated rings. The topological polar surface area (TPSA) is 97.1 Å². The van der Waals surface area contributed by atoms with Crippen LogP contribution in [0.3, 0.4) is 0 Å². The fourth-order valence-electron chi connectivity index (χ4n) is 2.23. The van der Waals surface area contributed by atoms with Crippen molar-refractivity contribution in [2.45, 2.75) is 32.9 Å². The van der Waals surface area contributed by atoms with Gasteiger partial charge in [0.2, 0.25) is 5.91 Å². The zero-order valence-electron chi connectivity index (χ0n) is 14.9. The molecule has 2 unspecified atom stereocenters. The van der Waals surface area contributed by atoms with Gasteiger partial charge in [-0.15, -0.1) is 12.4 Å². The van der Waals surface area contributed by atoms with Crippen LogP contribution in [0.5, 0.6) is 0 Å². The number of pyridine rings is 1. The molecule has 6 nitrogen and oxygen atoms in total. The molecule has 0 spiro atoms. The van der Waals surface area contributed by atoms with Crippen LogP contribution in [0.2, 0.25) is 0 Å². The summed E-state index contributed by atoms with van der Waals surface area (Å²) in [7, 11) is 0. The highest BCUT2D eigenvalue weighted by atomic mass is 35.5. The van der Waals surface area contributed by atoms with Crippen molar-refractivity contribution in [2.75, 3.05) is 5.32 Å². The first kappa shape index (κ1) is 21.6. The number of carbonyl (C=O) groups excluding carboxylic acids is 2. The summed E-state index contributed by atoms with van der Waals surface area (Å²) in [6, 6.07) is 10.2. The first-order chi connectivity index (χ1) is 12.0. The van der Waals surface area contributed by atoms with Gasteiger partial charge in [-0.1, -0.05) is 32.4 Å². The van der Waals surface area contributed by atoms with Crippen LogP contribution in [0.1, 0.15) is 36.2 Å². The average Bonchev–Trinajstić information content (AvgIpc) is 2.66. The van der Waals surface area contributed by atoms with Gasteiger partial charge in [0.25, 0.3) is 5.91 Å². The molecule has 1 aromatic carbocycles. The summed E-state index contributed by atoms with van der Waals surface area (Å²) in [5.74, 6) is -0.220. The Balaban J connectivity index is 0.00000338.